The monoisotopic (exact) mass is 338 g/mol. The number of benzene rings is 5. The molecule has 5 aromatic carbocycles. The van der Waals surface area contributed by atoms with Gasteiger partial charge in [-0.2, -0.15) is 0 Å². The van der Waals surface area contributed by atoms with Crippen LogP contribution < -0.4 is 9.47 Å². The lowest BCUT2D eigenvalue weighted by Gasteiger charge is -2.15. The van der Waals surface area contributed by atoms with E-state index < -0.39 is 0 Å². The molecule has 0 N–H and O–H groups in total. The summed E-state index contributed by atoms with van der Waals surface area (Å²) in [6, 6.07) is 25.8. The van der Waals surface area contributed by atoms with Crippen LogP contribution in [0.1, 0.15) is 0 Å². The molecule has 0 saturated heterocycles. The first kappa shape index (κ1) is 15.0. The number of hydrogen-bond donors (Lipinski definition) is 0. The molecule has 0 unspecified atom stereocenters. The van der Waals surface area contributed by atoms with Gasteiger partial charge in [-0.15, -0.1) is 0 Å². The minimum atomic E-state index is 0.754. The zero-order valence-electron chi connectivity index (χ0n) is 14.7. The van der Waals surface area contributed by atoms with E-state index in [-0.39, 0.29) is 0 Å². The Kier molecular flexibility index (Phi) is 3.26. The Labute approximate surface area is 151 Å². The van der Waals surface area contributed by atoms with Crippen molar-refractivity contribution in [1.82, 2.24) is 0 Å². The molecule has 5 rings (SSSR count). The van der Waals surface area contributed by atoms with E-state index in [0.717, 1.165) is 16.9 Å². The van der Waals surface area contributed by atoms with Crippen LogP contribution in [0, 0.1) is 0 Å². The molecule has 2 nitrogen and oxygen atoms in total. The molecule has 0 aliphatic heterocycles. The topological polar surface area (TPSA) is 18.5 Å². The van der Waals surface area contributed by atoms with Gasteiger partial charge in [0.05, 0.1) is 14.2 Å². The molecule has 5 aromatic rings. The van der Waals surface area contributed by atoms with Crippen LogP contribution in [0.2, 0.25) is 0 Å². The van der Waals surface area contributed by atoms with Crippen LogP contribution in [0.4, 0.5) is 0 Å². The Morgan fingerprint density at radius 2 is 1.00 bits per heavy atom. The van der Waals surface area contributed by atoms with Crippen molar-refractivity contribution in [1.29, 1.82) is 0 Å². The summed E-state index contributed by atoms with van der Waals surface area (Å²) in [6.07, 6.45) is 0. The summed E-state index contributed by atoms with van der Waals surface area (Å²) in [4.78, 5) is 0. The van der Waals surface area contributed by atoms with Gasteiger partial charge in [0.15, 0.2) is 11.5 Å². The molecule has 0 bridgehead atoms. The average Bonchev–Trinajstić information content (AvgIpc) is 2.72. The zero-order chi connectivity index (χ0) is 17.7. The molecule has 0 saturated carbocycles. The molecular weight excluding hydrogens is 320 g/mol. The molecule has 26 heavy (non-hydrogen) atoms. The standard InChI is InChI=1S/C24H18O2/c1-25-22-13-15-11-12-20-18-9-4-3-7-16(18)17-8-5-6-10-19(17)24(20)21(15)14-23(22)26-2/h3-14H,1-2H3. The number of methoxy groups -OCH3 is 2. The van der Waals surface area contributed by atoms with Crippen LogP contribution in [-0.4, -0.2) is 14.2 Å². The predicted molar refractivity (Wildman–Crippen MR) is 110 cm³/mol. The molecule has 0 fully saturated rings. The molecule has 0 spiro atoms. The summed E-state index contributed by atoms with van der Waals surface area (Å²) < 4.78 is 11.1. The maximum absolute atomic E-state index is 5.57. The Morgan fingerprint density at radius 3 is 1.62 bits per heavy atom. The molecule has 126 valence electrons. The lowest BCUT2D eigenvalue weighted by molar-refractivity contribution is 0.356. The summed E-state index contributed by atoms with van der Waals surface area (Å²) in [5.41, 5.74) is 0. The van der Waals surface area contributed by atoms with Crippen molar-refractivity contribution in [2.45, 2.75) is 0 Å². The maximum Gasteiger partial charge on any atom is 0.161 e. The van der Waals surface area contributed by atoms with E-state index >= 15 is 0 Å². The van der Waals surface area contributed by atoms with Crippen molar-refractivity contribution < 1.29 is 9.47 Å². The lowest BCUT2D eigenvalue weighted by Crippen LogP contribution is -1.91. The molecule has 0 heterocycles. The van der Waals surface area contributed by atoms with Crippen molar-refractivity contribution in [3.8, 4) is 11.5 Å². The molecule has 2 heteroatoms. The quantitative estimate of drug-likeness (QED) is 0.351. The van der Waals surface area contributed by atoms with Gasteiger partial charge in [-0.3, -0.25) is 0 Å². The van der Waals surface area contributed by atoms with Gasteiger partial charge in [0.2, 0.25) is 0 Å². The summed E-state index contributed by atoms with van der Waals surface area (Å²) in [5, 5.41) is 9.96. The predicted octanol–water partition coefficient (Wildman–Crippen LogP) is 6.32. The zero-order valence-corrected chi connectivity index (χ0v) is 14.7. The first-order valence-electron chi connectivity index (χ1n) is 8.69. The third kappa shape index (κ3) is 1.99. The van der Waals surface area contributed by atoms with Crippen LogP contribution in [0.15, 0.2) is 72.8 Å². The second-order valence-corrected chi connectivity index (χ2v) is 6.51. The van der Waals surface area contributed by atoms with Crippen LogP contribution >= 0.6 is 0 Å². The van der Waals surface area contributed by atoms with E-state index in [1.54, 1.807) is 14.2 Å². The summed E-state index contributed by atoms with van der Waals surface area (Å²) in [6.45, 7) is 0. The normalized spacial score (nSPS) is 11.5. The summed E-state index contributed by atoms with van der Waals surface area (Å²) in [5.74, 6) is 1.51. The van der Waals surface area contributed by atoms with Crippen molar-refractivity contribution in [3.63, 3.8) is 0 Å². The Balaban J connectivity index is 2.10. The van der Waals surface area contributed by atoms with E-state index in [0.29, 0.717) is 0 Å². The molecule has 0 radical (unpaired) electrons. The first-order chi connectivity index (χ1) is 12.8. The second kappa shape index (κ2) is 5.63. The SMILES string of the molecule is COc1cc2ccc3c4ccccc4c4ccccc4c3c2cc1OC. The Bertz CT molecular complexity index is 1270. The van der Waals surface area contributed by atoms with E-state index in [1.807, 2.05) is 0 Å². The number of rotatable bonds is 2. The fraction of sp³-hybridized carbons (Fsp3) is 0.0833. The second-order valence-electron chi connectivity index (χ2n) is 6.51. The molecule has 0 aliphatic carbocycles. The highest BCUT2D eigenvalue weighted by molar-refractivity contribution is 6.31. The molecule has 0 amide bonds. The lowest BCUT2D eigenvalue weighted by atomic mass is 9.91. The van der Waals surface area contributed by atoms with Crippen LogP contribution in [0.5, 0.6) is 11.5 Å². The minimum Gasteiger partial charge on any atom is -0.493 e. The van der Waals surface area contributed by atoms with Gasteiger partial charge in [-0.05, 0) is 55.2 Å². The number of fused-ring (bicyclic) bond motifs is 8. The average molecular weight is 338 g/mol. The largest absolute Gasteiger partial charge is 0.493 e. The van der Waals surface area contributed by atoms with Gasteiger partial charge in [0, 0.05) is 0 Å². The van der Waals surface area contributed by atoms with Gasteiger partial charge in [0.25, 0.3) is 0 Å². The Hall–Kier alpha value is -3.26. The van der Waals surface area contributed by atoms with Crippen LogP contribution in [-0.2, 0) is 0 Å². The minimum absolute atomic E-state index is 0.754. The molecule has 0 aliphatic rings. The Morgan fingerprint density at radius 1 is 0.500 bits per heavy atom. The van der Waals surface area contributed by atoms with Crippen molar-refractivity contribution in [3.05, 3.63) is 72.8 Å². The smallest absolute Gasteiger partial charge is 0.161 e. The van der Waals surface area contributed by atoms with Crippen molar-refractivity contribution in [2.24, 2.45) is 0 Å². The van der Waals surface area contributed by atoms with E-state index in [4.69, 9.17) is 9.47 Å². The van der Waals surface area contributed by atoms with Crippen molar-refractivity contribution >= 4 is 43.1 Å². The first-order valence-corrected chi connectivity index (χ1v) is 8.69. The van der Waals surface area contributed by atoms with Crippen LogP contribution in [0.25, 0.3) is 43.1 Å². The fourth-order valence-electron chi connectivity index (χ4n) is 4.05. The van der Waals surface area contributed by atoms with Crippen LogP contribution in [0.3, 0.4) is 0 Å². The van der Waals surface area contributed by atoms with E-state index in [2.05, 4.69) is 72.8 Å². The highest BCUT2D eigenvalue weighted by atomic mass is 16.5. The van der Waals surface area contributed by atoms with E-state index in [1.165, 1.54) is 37.7 Å². The number of hydrogen-bond acceptors (Lipinski definition) is 2. The number of ether oxygens (including phenoxy) is 2. The molecule has 0 aromatic heterocycles. The third-order valence-corrected chi connectivity index (χ3v) is 5.23. The molecule has 0 atom stereocenters. The highest BCUT2D eigenvalue weighted by Crippen LogP contribution is 2.41. The summed E-state index contributed by atoms with van der Waals surface area (Å²) in [7, 11) is 3.36. The molecular formula is C24H18O2. The highest BCUT2D eigenvalue weighted by Gasteiger charge is 2.13. The van der Waals surface area contributed by atoms with Crippen molar-refractivity contribution in [2.75, 3.05) is 14.2 Å². The summed E-state index contributed by atoms with van der Waals surface area (Å²) >= 11 is 0. The maximum atomic E-state index is 5.57. The fourth-order valence-corrected chi connectivity index (χ4v) is 4.05. The third-order valence-electron chi connectivity index (χ3n) is 5.23. The van der Waals surface area contributed by atoms with E-state index in [9.17, 15) is 0 Å². The van der Waals surface area contributed by atoms with Gasteiger partial charge in [-0.1, -0.05) is 60.7 Å². The van der Waals surface area contributed by atoms with Gasteiger partial charge in [0.1, 0.15) is 0 Å². The van der Waals surface area contributed by atoms with Gasteiger partial charge >= 0.3 is 0 Å². The van der Waals surface area contributed by atoms with Gasteiger partial charge in [-0.25, -0.2) is 0 Å². The van der Waals surface area contributed by atoms with Gasteiger partial charge < -0.3 is 9.47 Å².